The normalized spacial score (nSPS) is 11.7. The molecule has 0 saturated heterocycles. The number of rotatable bonds is 6. The molecule has 3 aromatic rings. The smallest absolute Gasteiger partial charge is 0.267 e. The summed E-state index contributed by atoms with van der Waals surface area (Å²) in [5.41, 5.74) is 0.733. The van der Waals surface area contributed by atoms with Gasteiger partial charge in [-0.3, -0.25) is 19.4 Å². The summed E-state index contributed by atoms with van der Waals surface area (Å²) in [4.78, 5) is 40.1. The van der Waals surface area contributed by atoms with Crippen molar-refractivity contribution in [3.05, 3.63) is 75.7 Å². The van der Waals surface area contributed by atoms with Crippen LogP contribution in [0.4, 0.5) is 0 Å². The topological polar surface area (TPSA) is 112 Å². The number of amides is 1. The Morgan fingerprint density at radius 1 is 1.07 bits per heavy atom. The van der Waals surface area contributed by atoms with Gasteiger partial charge in [-0.05, 0) is 31.2 Å². The van der Waals surface area contributed by atoms with Crippen LogP contribution in [0.1, 0.15) is 13.0 Å². The van der Waals surface area contributed by atoms with Gasteiger partial charge in [0.1, 0.15) is 6.04 Å². The zero-order valence-corrected chi connectivity index (χ0v) is 14.6. The molecule has 9 nitrogen and oxygen atoms in total. The summed E-state index contributed by atoms with van der Waals surface area (Å²) in [7, 11) is 0. The van der Waals surface area contributed by atoms with Crippen molar-refractivity contribution in [2.75, 3.05) is 6.54 Å². The van der Waals surface area contributed by atoms with Gasteiger partial charge in [0.2, 0.25) is 5.91 Å². The van der Waals surface area contributed by atoms with Crippen molar-refractivity contribution in [3.8, 4) is 11.3 Å². The Morgan fingerprint density at radius 2 is 1.85 bits per heavy atom. The lowest BCUT2D eigenvalue weighted by atomic mass is 10.2. The average Bonchev–Trinajstić information content (AvgIpc) is 2.70. The van der Waals surface area contributed by atoms with Crippen molar-refractivity contribution in [1.29, 1.82) is 0 Å². The molecular formula is C18H18N6O3. The van der Waals surface area contributed by atoms with Crippen molar-refractivity contribution in [3.63, 3.8) is 0 Å². The number of nitrogens with zero attached hydrogens (tertiary/aromatic N) is 5. The monoisotopic (exact) mass is 366 g/mol. The third-order valence-corrected chi connectivity index (χ3v) is 3.96. The molecule has 0 aromatic carbocycles. The van der Waals surface area contributed by atoms with Crippen LogP contribution in [0.2, 0.25) is 0 Å². The van der Waals surface area contributed by atoms with E-state index in [0.29, 0.717) is 5.69 Å². The highest BCUT2D eigenvalue weighted by atomic mass is 16.2. The van der Waals surface area contributed by atoms with Crippen LogP contribution >= 0.6 is 0 Å². The van der Waals surface area contributed by atoms with Crippen molar-refractivity contribution in [1.82, 2.24) is 29.9 Å². The van der Waals surface area contributed by atoms with Gasteiger partial charge in [-0.25, -0.2) is 9.36 Å². The summed E-state index contributed by atoms with van der Waals surface area (Å²) in [6, 6.07) is 8.66. The molecule has 3 heterocycles. The quantitative estimate of drug-likeness (QED) is 0.669. The number of aromatic nitrogens is 5. The van der Waals surface area contributed by atoms with E-state index >= 15 is 0 Å². The maximum Gasteiger partial charge on any atom is 0.267 e. The number of hydrogen-bond donors (Lipinski definition) is 1. The second-order valence-electron chi connectivity index (χ2n) is 5.79. The van der Waals surface area contributed by atoms with E-state index in [2.05, 4.69) is 20.5 Å². The highest BCUT2D eigenvalue weighted by Gasteiger charge is 2.17. The minimum absolute atomic E-state index is 0.207. The molecule has 0 aliphatic carbocycles. The number of nitrogens with one attached hydrogen (secondary N) is 1. The highest BCUT2D eigenvalue weighted by molar-refractivity contribution is 5.79. The van der Waals surface area contributed by atoms with Crippen molar-refractivity contribution >= 4 is 5.91 Å². The molecule has 3 rings (SSSR count). The third kappa shape index (κ3) is 4.32. The van der Waals surface area contributed by atoms with E-state index < -0.39 is 6.04 Å². The van der Waals surface area contributed by atoms with Crippen LogP contribution in [0.5, 0.6) is 0 Å². The van der Waals surface area contributed by atoms with E-state index in [0.717, 1.165) is 10.2 Å². The maximum atomic E-state index is 12.4. The Bertz CT molecular complexity index is 1040. The van der Waals surface area contributed by atoms with Gasteiger partial charge in [-0.2, -0.15) is 10.2 Å². The third-order valence-electron chi connectivity index (χ3n) is 3.96. The summed E-state index contributed by atoms with van der Waals surface area (Å²) >= 11 is 0. The standard InChI is InChI=1S/C18H18N6O3/c1-13(18(27)20-11-12-23-16(25)3-2-8-21-23)24-17(26)5-4-15(22-24)14-6-9-19-10-7-14/h2-10,13H,11-12H2,1H3,(H,20,27). The van der Waals surface area contributed by atoms with Gasteiger partial charge in [-0.1, -0.05) is 0 Å². The van der Waals surface area contributed by atoms with Crippen molar-refractivity contribution < 1.29 is 4.79 Å². The van der Waals surface area contributed by atoms with Gasteiger partial charge >= 0.3 is 0 Å². The van der Waals surface area contributed by atoms with Crippen molar-refractivity contribution in [2.24, 2.45) is 0 Å². The molecular weight excluding hydrogens is 348 g/mol. The molecule has 1 unspecified atom stereocenters. The summed E-state index contributed by atoms with van der Waals surface area (Å²) in [5, 5.41) is 10.9. The summed E-state index contributed by atoms with van der Waals surface area (Å²) < 4.78 is 2.39. The van der Waals surface area contributed by atoms with E-state index in [-0.39, 0.29) is 30.1 Å². The van der Waals surface area contributed by atoms with Crippen LogP contribution in [0.3, 0.4) is 0 Å². The average molecular weight is 366 g/mol. The maximum absolute atomic E-state index is 12.4. The molecule has 0 aliphatic rings. The molecule has 0 aliphatic heterocycles. The SMILES string of the molecule is CC(C(=O)NCCn1ncccc1=O)n1nc(-c2ccncc2)ccc1=O. The zero-order chi connectivity index (χ0) is 19.2. The predicted molar refractivity (Wildman–Crippen MR) is 97.9 cm³/mol. The largest absolute Gasteiger partial charge is 0.352 e. The second-order valence-corrected chi connectivity index (χ2v) is 5.79. The number of carbonyl (C=O) groups excluding carboxylic acids is 1. The molecule has 9 heteroatoms. The molecule has 3 aromatic heterocycles. The highest BCUT2D eigenvalue weighted by Crippen LogP contribution is 2.14. The lowest BCUT2D eigenvalue weighted by molar-refractivity contribution is -0.124. The lowest BCUT2D eigenvalue weighted by Gasteiger charge is -2.15. The van der Waals surface area contributed by atoms with Crippen LogP contribution in [0.15, 0.2) is 64.6 Å². The zero-order valence-electron chi connectivity index (χ0n) is 14.6. The molecule has 1 amide bonds. The lowest BCUT2D eigenvalue weighted by Crippen LogP contribution is -2.39. The van der Waals surface area contributed by atoms with Crippen LogP contribution in [-0.4, -0.2) is 37.0 Å². The summed E-state index contributed by atoms with van der Waals surface area (Å²) in [6.45, 7) is 2.03. The van der Waals surface area contributed by atoms with Gasteiger partial charge in [-0.15, -0.1) is 0 Å². The Kier molecular flexibility index (Phi) is 5.50. The molecule has 0 saturated carbocycles. The first-order valence-corrected chi connectivity index (χ1v) is 8.36. The fraction of sp³-hybridized carbons (Fsp3) is 0.222. The van der Waals surface area contributed by atoms with E-state index in [1.54, 1.807) is 43.6 Å². The van der Waals surface area contributed by atoms with Gasteiger partial charge in [0.15, 0.2) is 0 Å². The van der Waals surface area contributed by atoms with Gasteiger partial charge in [0, 0.05) is 42.8 Å². The Morgan fingerprint density at radius 3 is 2.59 bits per heavy atom. The fourth-order valence-electron chi connectivity index (χ4n) is 2.48. The molecule has 1 N–H and O–H groups in total. The van der Waals surface area contributed by atoms with Crippen LogP contribution < -0.4 is 16.4 Å². The minimum atomic E-state index is -0.806. The number of pyridine rings is 1. The number of hydrogen-bond acceptors (Lipinski definition) is 6. The van der Waals surface area contributed by atoms with Crippen molar-refractivity contribution in [2.45, 2.75) is 19.5 Å². The first-order valence-electron chi connectivity index (χ1n) is 8.36. The molecule has 138 valence electrons. The molecule has 0 bridgehead atoms. The first kappa shape index (κ1) is 18.2. The van der Waals surface area contributed by atoms with E-state index in [4.69, 9.17) is 0 Å². The predicted octanol–water partition coefficient (Wildman–Crippen LogP) is 0.239. The molecule has 0 fully saturated rings. The Labute approximate surface area is 154 Å². The van der Waals surface area contributed by atoms with Gasteiger partial charge < -0.3 is 5.32 Å². The molecule has 0 radical (unpaired) electrons. The van der Waals surface area contributed by atoms with Gasteiger partial charge in [0.05, 0.1) is 12.2 Å². The van der Waals surface area contributed by atoms with E-state index in [1.165, 1.54) is 23.0 Å². The summed E-state index contributed by atoms with van der Waals surface area (Å²) in [6.07, 6.45) is 4.75. The van der Waals surface area contributed by atoms with Crippen LogP contribution in [0.25, 0.3) is 11.3 Å². The molecule has 27 heavy (non-hydrogen) atoms. The minimum Gasteiger partial charge on any atom is -0.352 e. The Hall–Kier alpha value is -3.62. The van der Waals surface area contributed by atoms with E-state index in [1.807, 2.05) is 0 Å². The Balaban J connectivity index is 1.70. The fourth-order valence-corrected chi connectivity index (χ4v) is 2.48. The number of carbonyl (C=O) groups is 1. The van der Waals surface area contributed by atoms with Crippen LogP contribution in [0, 0.1) is 0 Å². The van der Waals surface area contributed by atoms with Crippen LogP contribution in [-0.2, 0) is 11.3 Å². The molecule has 1 atom stereocenters. The van der Waals surface area contributed by atoms with Gasteiger partial charge in [0.25, 0.3) is 11.1 Å². The second kappa shape index (κ2) is 8.17. The summed E-state index contributed by atoms with van der Waals surface area (Å²) in [5.74, 6) is -0.375. The van der Waals surface area contributed by atoms with E-state index in [9.17, 15) is 14.4 Å². The first-order chi connectivity index (χ1) is 13.1. The molecule has 0 spiro atoms.